The van der Waals surface area contributed by atoms with Crippen molar-refractivity contribution >= 4 is 39.5 Å². The summed E-state index contributed by atoms with van der Waals surface area (Å²) in [5.74, 6) is 0.601. The van der Waals surface area contributed by atoms with Crippen molar-refractivity contribution in [1.82, 2.24) is 0 Å². The molecular weight excluding hydrogens is 304 g/mol. The van der Waals surface area contributed by atoms with Crippen LogP contribution in [0.25, 0.3) is 0 Å². The normalized spacial score (nSPS) is 13.5. The molecule has 0 aliphatic heterocycles. The molecule has 0 aliphatic rings. The van der Waals surface area contributed by atoms with E-state index in [1.165, 1.54) is 23.5 Å². The van der Waals surface area contributed by atoms with Crippen molar-refractivity contribution in [2.75, 3.05) is 5.75 Å². The number of thioether (sulfide) groups is 2. The van der Waals surface area contributed by atoms with Gasteiger partial charge in [0.05, 0.1) is 4.75 Å². The molecule has 0 saturated carbocycles. The van der Waals surface area contributed by atoms with Gasteiger partial charge in [0, 0.05) is 10.2 Å². The van der Waals surface area contributed by atoms with Crippen molar-refractivity contribution in [3.05, 3.63) is 34.3 Å². The molecule has 0 bridgehead atoms. The van der Waals surface area contributed by atoms with E-state index < -0.39 is 0 Å². The molecule has 0 N–H and O–H groups in total. The monoisotopic (exact) mass is 312 g/mol. The van der Waals surface area contributed by atoms with Gasteiger partial charge >= 0.3 is 0 Å². The number of nitriles is 2. The van der Waals surface area contributed by atoms with E-state index in [2.05, 4.69) is 21.3 Å². The van der Waals surface area contributed by atoms with E-state index in [0.29, 0.717) is 5.75 Å². The lowest BCUT2D eigenvalue weighted by molar-refractivity contribution is 0.802. The predicted octanol–water partition coefficient (Wildman–Crippen LogP) is 4.09. The van der Waals surface area contributed by atoms with Gasteiger partial charge in [-0.1, -0.05) is 28.1 Å². The summed E-state index contributed by atoms with van der Waals surface area (Å²) in [5, 5.41) is 21.6. The molecule has 0 heterocycles. The fraction of sp³-hybridized carbons (Fsp3) is 0.273. The van der Waals surface area contributed by atoms with E-state index in [1.807, 2.05) is 36.6 Å². The Balaban J connectivity index is 2.97. The average molecular weight is 313 g/mol. The number of hydrogen-bond donors (Lipinski definition) is 0. The highest BCUT2D eigenvalue weighted by Crippen LogP contribution is 2.38. The molecule has 0 spiro atoms. The first-order valence-corrected chi connectivity index (χ1v) is 7.06. The Hall–Kier alpha value is -0.620. The molecule has 1 atom stereocenters. The largest absolute Gasteiger partial charge is 0.185 e. The quantitative estimate of drug-likeness (QED) is 0.785. The molecule has 0 saturated heterocycles. The lowest BCUT2D eigenvalue weighted by Crippen LogP contribution is -2.19. The molecule has 2 nitrogen and oxygen atoms in total. The second-order valence-corrected chi connectivity index (χ2v) is 6.27. The van der Waals surface area contributed by atoms with Crippen LogP contribution in [0.3, 0.4) is 0 Å². The maximum Gasteiger partial charge on any atom is 0.134 e. The van der Waals surface area contributed by atoms with Crippen LogP contribution in [0.2, 0.25) is 0 Å². The fourth-order valence-corrected chi connectivity index (χ4v) is 2.88. The molecule has 1 unspecified atom stereocenters. The number of thiocyanates is 2. The first kappa shape index (κ1) is 13.4. The van der Waals surface area contributed by atoms with Crippen LogP contribution in [-0.4, -0.2) is 5.75 Å². The van der Waals surface area contributed by atoms with Crippen molar-refractivity contribution in [2.45, 2.75) is 11.7 Å². The molecule has 1 aromatic rings. The zero-order valence-electron chi connectivity index (χ0n) is 8.61. The van der Waals surface area contributed by atoms with Gasteiger partial charge in [0.25, 0.3) is 0 Å². The Morgan fingerprint density at radius 1 is 1.25 bits per heavy atom. The van der Waals surface area contributed by atoms with Crippen molar-refractivity contribution in [3.63, 3.8) is 0 Å². The first-order valence-electron chi connectivity index (χ1n) is 4.46. The van der Waals surface area contributed by atoms with Crippen LogP contribution in [0.1, 0.15) is 12.5 Å². The van der Waals surface area contributed by atoms with E-state index in [0.717, 1.165) is 10.0 Å². The molecular formula is C11H9BrN2S2. The highest BCUT2D eigenvalue weighted by Gasteiger charge is 2.27. The molecule has 0 aromatic heterocycles. The van der Waals surface area contributed by atoms with Crippen LogP contribution in [0.4, 0.5) is 0 Å². The van der Waals surface area contributed by atoms with Gasteiger partial charge in [0.2, 0.25) is 0 Å². The summed E-state index contributed by atoms with van der Waals surface area (Å²) < 4.78 is 0.670. The average Bonchev–Trinajstić information content (AvgIpc) is 2.27. The molecule has 5 heteroatoms. The van der Waals surface area contributed by atoms with Gasteiger partial charge in [-0.3, -0.25) is 0 Å². The molecule has 0 aliphatic carbocycles. The Morgan fingerprint density at radius 3 is 2.38 bits per heavy atom. The Bertz CT molecular complexity index is 433. The third-order valence-corrected chi connectivity index (χ3v) is 4.62. The highest BCUT2D eigenvalue weighted by molar-refractivity contribution is 9.10. The highest BCUT2D eigenvalue weighted by atomic mass is 79.9. The number of halogens is 1. The number of rotatable bonds is 4. The Labute approximate surface area is 112 Å². The van der Waals surface area contributed by atoms with Crippen molar-refractivity contribution in [2.24, 2.45) is 0 Å². The summed E-state index contributed by atoms with van der Waals surface area (Å²) in [4.78, 5) is 0. The fourth-order valence-electron chi connectivity index (χ4n) is 1.24. The topological polar surface area (TPSA) is 47.6 Å². The molecule has 16 heavy (non-hydrogen) atoms. The molecule has 1 aromatic carbocycles. The minimum absolute atomic E-state index is 0.337. The van der Waals surface area contributed by atoms with Gasteiger partial charge in [-0.2, -0.15) is 10.5 Å². The van der Waals surface area contributed by atoms with E-state index in [9.17, 15) is 0 Å². The minimum Gasteiger partial charge on any atom is -0.185 e. The summed E-state index contributed by atoms with van der Waals surface area (Å²) in [6.45, 7) is 1.98. The van der Waals surface area contributed by atoms with Crippen LogP contribution in [0.5, 0.6) is 0 Å². The molecule has 0 fully saturated rings. The zero-order chi connectivity index (χ0) is 12.0. The van der Waals surface area contributed by atoms with Gasteiger partial charge in [-0.15, -0.1) is 0 Å². The third-order valence-electron chi connectivity index (χ3n) is 2.14. The summed E-state index contributed by atoms with van der Waals surface area (Å²) in [6.07, 6.45) is 0. The van der Waals surface area contributed by atoms with Crippen LogP contribution in [0.15, 0.2) is 28.7 Å². The van der Waals surface area contributed by atoms with Crippen molar-refractivity contribution < 1.29 is 0 Å². The standard InChI is InChI=1S/C11H9BrN2S2/c1-11(16-8-14,6-15-7-13)9-2-4-10(12)5-3-9/h2-5H,6H2,1H3. The molecule has 0 radical (unpaired) electrons. The summed E-state index contributed by atoms with van der Waals surface area (Å²) in [7, 11) is 0. The minimum atomic E-state index is -0.337. The van der Waals surface area contributed by atoms with Gasteiger partial charge < -0.3 is 0 Å². The van der Waals surface area contributed by atoms with Crippen LogP contribution in [0, 0.1) is 21.3 Å². The number of hydrogen-bond acceptors (Lipinski definition) is 4. The van der Waals surface area contributed by atoms with Crippen LogP contribution < -0.4 is 0 Å². The maximum atomic E-state index is 8.83. The third kappa shape index (κ3) is 3.45. The second-order valence-electron chi connectivity index (χ2n) is 3.31. The van der Waals surface area contributed by atoms with E-state index in [4.69, 9.17) is 10.5 Å². The van der Waals surface area contributed by atoms with Crippen LogP contribution >= 0.6 is 39.5 Å². The zero-order valence-corrected chi connectivity index (χ0v) is 11.8. The molecule has 1 rings (SSSR count). The van der Waals surface area contributed by atoms with Crippen LogP contribution in [-0.2, 0) is 4.75 Å². The lowest BCUT2D eigenvalue weighted by Gasteiger charge is -2.24. The van der Waals surface area contributed by atoms with Crippen molar-refractivity contribution in [1.29, 1.82) is 10.5 Å². The van der Waals surface area contributed by atoms with Gasteiger partial charge in [-0.25, -0.2) is 0 Å². The Morgan fingerprint density at radius 2 is 1.88 bits per heavy atom. The Kier molecular flexibility index (Phi) is 5.21. The second kappa shape index (κ2) is 6.20. The molecule has 82 valence electrons. The van der Waals surface area contributed by atoms with Crippen molar-refractivity contribution in [3.8, 4) is 10.8 Å². The summed E-state index contributed by atoms with van der Waals surface area (Å²) >= 11 is 5.75. The SMILES string of the molecule is CC(CSC#N)(SC#N)c1ccc(Br)cc1. The van der Waals surface area contributed by atoms with E-state index in [-0.39, 0.29) is 4.75 Å². The van der Waals surface area contributed by atoms with Gasteiger partial charge in [0.1, 0.15) is 10.8 Å². The number of nitrogens with zero attached hydrogens (tertiary/aromatic N) is 2. The maximum absolute atomic E-state index is 8.83. The first-order chi connectivity index (χ1) is 7.62. The van der Waals surface area contributed by atoms with Gasteiger partial charge in [0.15, 0.2) is 0 Å². The van der Waals surface area contributed by atoms with Gasteiger partial charge in [-0.05, 0) is 48.1 Å². The summed E-state index contributed by atoms with van der Waals surface area (Å²) in [5.41, 5.74) is 1.06. The van der Waals surface area contributed by atoms with E-state index >= 15 is 0 Å². The van der Waals surface area contributed by atoms with E-state index in [1.54, 1.807) is 0 Å². The number of benzene rings is 1. The smallest absolute Gasteiger partial charge is 0.134 e. The summed E-state index contributed by atoms with van der Waals surface area (Å²) in [6, 6.07) is 7.85. The predicted molar refractivity (Wildman–Crippen MR) is 72.8 cm³/mol. The lowest BCUT2D eigenvalue weighted by atomic mass is 10.0. The molecule has 0 amide bonds.